The molecule has 1 aromatic rings. The summed E-state index contributed by atoms with van der Waals surface area (Å²) >= 11 is 0. The Kier molecular flexibility index (Phi) is 6.16. The molecule has 1 aromatic carbocycles. The van der Waals surface area contributed by atoms with Gasteiger partial charge in [0, 0.05) is 12.6 Å². The SMILES string of the molecule is CC(CNS(=O)(=O)CCOc1ccc(F)cc1)N1CCCC1. The highest BCUT2D eigenvalue weighted by atomic mass is 32.2. The molecule has 0 radical (unpaired) electrons. The Morgan fingerprint density at radius 1 is 1.27 bits per heavy atom. The van der Waals surface area contributed by atoms with Gasteiger partial charge in [0.25, 0.3) is 0 Å². The maximum Gasteiger partial charge on any atom is 0.215 e. The van der Waals surface area contributed by atoms with E-state index >= 15 is 0 Å². The quantitative estimate of drug-likeness (QED) is 0.787. The van der Waals surface area contributed by atoms with Gasteiger partial charge in [0.15, 0.2) is 0 Å². The lowest BCUT2D eigenvalue weighted by molar-refractivity contribution is 0.259. The summed E-state index contributed by atoms with van der Waals surface area (Å²) in [6, 6.07) is 5.71. The number of ether oxygens (including phenoxy) is 1. The van der Waals surface area contributed by atoms with Crippen LogP contribution in [-0.2, 0) is 10.0 Å². The van der Waals surface area contributed by atoms with Crippen LogP contribution in [0.5, 0.6) is 5.75 Å². The number of hydrogen-bond donors (Lipinski definition) is 1. The van der Waals surface area contributed by atoms with Gasteiger partial charge in [-0.3, -0.25) is 4.90 Å². The summed E-state index contributed by atoms with van der Waals surface area (Å²) in [5.41, 5.74) is 0. The highest BCUT2D eigenvalue weighted by Crippen LogP contribution is 2.12. The van der Waals surface area contributed by atoms with Crippen molar-refractivity contribution in [1.29, 1.82) is 0 Å². The van der Waals surface area contributed by atoms with Crippen molar-refractivity contribution in [3.8, 4) is 5.75 Å². The molecule has 1 unspecified atom stereocenters. The average molecular weight is 330 g/mol. The summed E-state index contributed by atoms with van der Waals surface area (Å²) in [6.07, 6.45) is 2.37. The molecule has 0 spiro atoms. The lowest BCUT2D eigenvalue weighted by atomic mass is 10.3. The zero-order valence-corrected chi connectivity index (χ0v) is 13.6. The van der Waals surface area contributed by atoms with Crippen LogP contribution in [0.25, 0.3) is 0 Å². The lowest BCUT2D eigenvalue weighted by Crippen LogP contribution is -2.41. The molecule has 1 heterocycles. The van der Waals surface area contributed by atoms with Gasteiger partial charge in [0.1, 0.15) is 18.2 Å². The van der Waals surface area contributed by atoms with E-state index in [4.69, 9.17) is 4.74 Å². The minimum atomic E-state index is -3.36. The lowest BCUT2D eigenvalue weighted by Gasteiger charge is -2.23. The molecule has 1 aliphatic rings. The van der Waals surface area contributed by atoms with Gasteiger partial charge in [-0.1, -0.05) is 0 Å². The van der Waals surface area contributed by atoms with E-state index in [0.29, 0.717) is 12.3 Å². The van der Waals surface area contributed by atoms with Gasteiger partial charge in [-0.2, -0.15) is 0 Å². The third kappa shape index (κ3) is 5.55. The summed E-state index contributed by atoms with van der Waals surface area (Å²) in [7, 11) is -3.36. The number of rotatable bonds is 8. The normalized spacial score (nSPS) is 17.5. The second kappa shape index (κ2) is 7.89. The molecule has 22 heavy (non-hydrogen) atoms. The number of nitrogens with one attached hydrogen (secondary N) is 1. The fraction of sp³-hybridized carbons (Fsp3) is 0.600. The first-order valence-corrected chi connectivity index (χ1v) is 9.21. The van der Waals surface area contributed by atoms with Gasteiger partial charge >= 0.3 is 0 Å². The standard InChI is InChI=1S/C15H23FN2O3S/c1-13(18-8-2-3-9-18)12-17-22(19,20)11-10-21-15-6-4-14(16)5-7-15/h4-7,13,17H,2-3,8-12H2,1H3. The predicted molar refractivity (Wildman–Crippen MR) is 84.0 cm³/mol. The van der Waals surface area contributed by atoms with E-state index in [0.717, 1.165) is 13.1 Å². The molecule has 1 aliphatic heterocycles. The van der Waals surface area contributed by atoms with Crippen LogP contribution in [0, 0.1) is 5.82 Å². The molecule has 0 aromatic heterocycles. The number of hydrogen-bond acceptors (Lipinski definition) is 4. The highest BCUT2D eigenvalue weighted by molar-refractivity contribution is 7.89. The molecule has 1 saturated heterocycles. The van der Waals surface area contributed by atoms with Crippen LogP contribution in [0.2, 0.25) is 0 Å². The molecule has 0 bridgehead atoms. The van der Waals surface area contributed by atoms with Gasteiger partial charge in [-0.15, -0.1) is 0 Å². The van der Waals surface area contributed by atoms with E-state index in [1.54, 1.807) is 0 Å². The summed E-state index contributed by atoms with van der Waals surface area (Å²) in [6.45, 7) is 4.56. The van der Waals surface area contributed by atoms with Crippen molar-refractivity contribution >= 4 is 10.0 Å². The first kappa shape index (κ1) is 17.2. The van der Waals surface area contributed by atoms with Gasteiger partial charge in [-0.05, 0) is 57.1 Å². The second-order valence-electron chi connectivity index (χ2n) is 5.56. The van der Waals surface area contributed by atoms with Crippen LogP contribution in [0.4, 0.5) is 4.39 Å². The van der Waals surface area contributed by atoms with Crippen LogP contribution in [-0.4, -0.2) is 51.4 Å². The smallest absolute Gasteiger partial charge is 0.215 e. The van der Waals surface area contributed by atoms with Gasteiger partial charge < -0.3 is 4.74 Å². The molecule has 0 saturated carbocycles. The molecule has 124 valence electrons. The van der Waals surface area contributed by atoms with Crippen LogP contribution < -0.4 is 9.46 Å². The van der Waals surface area contributed by atoms with Crippen molar-refractivity contribution in [2.45, 2.75) is 25.8 Å². The van der Waals surface area contributed by atoms with Crippen LogP contribution in [0.15, 0.2) is 24.3 Å². The summed E-state index contributed by atoms with van der Waals surface area (Å²) in [5, 5.41) is 0. The van der Waals surface area contributed by atoms with Crippen LogP contribution in [0.3, 0.4) is 0 Å². The van der Waals surface area contributed by atoms with Crippen molar-refractivity contribution in [2.24, 2.45) is 0 Å². The monoisotopic (exact) mass is 330 g/mol. The Hall–Kier alpha value is -1.18. The number of likely N-dealkylation sites (tertiary alicyclic amines) is 1. The molecule has 1 fully saturated rings. The Labute approximate surface area is 131 Å². The van der Waals surface area contributed by atoms with Gasteiger partial charge in [0.05, 0.1) is 5.75 Å². The van der Waals surface area contributed by atoms with E-state index < -0.39 is 10.0 Å². The maximum atomic E-state index is 12.7. The predicted octanol–water partition coefficient (Wildman–Crippen LogP) is 1.61. The average Bonchev–Trinajstić information content (AvgIpc) is 3.01. The number of halogens is 1. The van der Waals surface area contributed by atoms with Crippen molar-refractivity contribution in [2.75, 3.05) is 32.0 Å². The Morgan fingerprint density at radius 2 is 1.91 bits per heavy atom. The first-order valence-electron chi connectivity index (χ1n) is 7.56. The van der Waals surface area contributed by atoms with Crippen LogP contribution in [0.1, 0.15) is 19.8 Å². The molecule has 5 nitrogen and oxygen atoms in total. The van der Waals surface area contributed by atoms with Gasteiger partial charge in [-0.25, -0.2) is 17.5 Å². The molecule has 0 amide bonds. The molecular weight excluding hydrogens is 307 g/mol. The molecule has 1 atom stereocenters. The molecular formula is C15H23FN2O3S. The van der Waals surface area contributed by atoms with Crippen molar-refractivity contribution < 1.29 is 17.5 Å². The van der Waals surface area contributed by atoms with E-state index in [-0.39, 0.29) is 24.2 Å². The third-order valence-corrected chi connectivity index (χ3v) is 5.11. The topological polar surface area (TPSA) is 58.6 Å². The van der Waals surface area contributed by atoms with E-state index in [1.165, 1.54) is 37.1 Å². The maximum absolute atomic E-state index is 12.7. The largest absolute Gasteiger partial charge is 0.492 e. The molecule has 2 rings (SSSR count). The first-order chi connectivity index (χ1) is 10.5. The zero-order chi connectivity index (χ0) is 16.0. The minimum absolute atomic E-state index is 0.0407. The van der Waals surface area contributed by atoms with Crippen molar-refractivity contribution in [1.82, 2.24) is 9.62 Å². The van der Waals surface area contributed by atoms with Crippen LogP contribution >= 0.6 is 0 Å². The molecule has 1 N–H and O–H groups in total. The van der Waals surface area contributed by atoms with Gasteiger partial charge in [0.2, 0.25) is 10.0 Å². The number of benzene rings is 1. The number of sulfonamides is 1. The van der Waals surface area contributed by atoms with Crippen molar-refractivity contribution in [3.63, 3.8) is 0 Å². The van der Waals surface area contributed by atoms with Crippen molar-refractivity contribution in [3.05, 3.63) is 30.1 Å². The summed E-state index contributed by atoms with van der Waals surface area (Å²) < 4.78 is 44.5. The second-order valence-corrected chi connectivity index (χ2v) is 7.49. The van der Waals surface area contributed by atoms with E-state index in [9.17, 15) is 12.8 Å². The molecule has 7 heteroatoms. The fourth-order valence-electron chi connectivity index (χ4n) is 2.43. The Balaban J connectivity index is 1.70. The highest BCUT2D eigenvalue weighted by Gasteiger charge is 2.20. The molecule has 0 aliphatic carbocycles. The zero-order valence-electron chi connectivity index (χ0n) is 12.8. The van der Waals surface area contributed by atoms with E-state index in [1.807, 2.05) is 6.92 Å². The minimum Gasteiger partial charge on any atom is -0.492 e. The Bertz CT molecular complexity index is 557. The number of nitrogens with zero attached hydrogens (tertiary/aromatic N) is 1. The summed E-state index contributed by atoms with van der Waals surface area (Å²) in [5.74, 6) is -0.00328. The van der Waals surface area contributed by atoms with E-state index in [2.05, 4.69) is 9.62 Å². The summed E-state index contributed by atoms with van der Waals surface area (Å²) in [4.78, 5) is 2.29. The Morgan fingerprint density at radius 3 is 2.55 bits per heavy atom. The fourth-order valence-corrected chi connectivity index (χ4v) is 3.37. The third-order valence-electron chi connectivity index (χ3n) is 3.80.